The second-order valence-corrected chi connectivity index (χ2v) is 5.30. The van der Waals surface area contributed by atoms with Gasteiger partial charge in [-0.3, -0.25) is 5.01 Å². The maximum absolute atomic E-state index is 5.32. The Balaban J connectivity index is 2.06. The van der Waals surface area contributed by atoms with Crippen LogP contribution >= 0.6 is 15.9 Å². The maximum atomic E-state index is 5.32. The van der Waals surface area contributed by atoms with Crippen molar-refractivity contribution in [1.29, 1.82) is 0 Å². The van der Waals surface area contributed by atoms with Crippen LogP contribution in [0.25, 0.3) is 0 Å². The largest absolute Gasteiger partial charge is 0.496 e. The minimum Gasteiger partial charge on any atom is -0.496 e. The fraction of sp³-hybridized carbons (Fsp3) is 0.462. The average molecular weight is 312 g/mol. The second-order valence-electron chi connectivity index (χ2n) is 4.39. The predicted octanol–water partition coefficient (Wildman–Crippen LogP) is 2.04. The fourth-order valence-electron chi connectivity index (χ4n) is 1.86. The van der Waals surface area contributed by atoms with Crippen LogP contribution in [0.1, 0.15) is 5.56 Å². The molecule has 1 aromatic carbocycles. The van der Waals surface area contributed by atoms with Gasteiger partial charge in [0.25, 0.3) is 0 Å². The van der Waals surface area contributed by atoms with Crippen molar-refractivity contribution < 1.29 is 4.74 Å². The molecule has 1 heterocycles. The number of halogens is 1. The van der Waals surface area contributed by atoms with Crippen LogP contribution in [0, 0.1) is 0 Å². The summed E-state index contributed by atoms with van der Waals surface area (Å²) in [6.45, 7) is 4.08. The van der Waals surface area contributed by atoms with Crippen molar-refractivity contribution in [2.75, 3.05) is 40.3 Å². The number of hydrogen-bond donors (Lipinski definition) is 0. The number of likely N-dealkylation sites (N-methyl/N-ethyl adjacent to an activating group) is 1. The van der Waals surface area contributed by atoms with Gasteiger partial charge in [-0.1, -0.05) is 15.9 Å². The molecule has 0 saturated carbocycles. The first kappa shape index (κ1) is 13.4. The lowest BCUT2D eigenvalue weighted by Crippen LogP contribution is -2.41. The molecule has 1 saturated heterocycles. The van der Waals surface area contributed by atoms with Gasteiger partial charge in [-0.2, -0.15) is 5.10 Å². The average Bonchev–Trinajstić information content (AvgIpc) is 2.38. The number of piperazine rings is 1. The number of hydrogen-bond acceptors (Lipinski definition) is 4. The van der Waals surface area contributed by atoms with Gasteiger partial charge in [-0.05, 0) is 25.2 Å². The maximum Gasteiger partial charge on any atom is 0.127 e. The van der Waals surface area contributed by atoms with Crippen molar-refractivity contribution in [3.8, 4) is 5.75 Å². The smallest absolute Gasteiger partial charge is 0.127 e. The Morgan fingerprint density at radius 2 is 2.00 bits per heavy atom. The first-order valence-electron chi connectivity index (χ1n) is 6.00. The fourth-order valence-corrected chi connectivity index (χ4v) is 2.24. The van der Waals surface area contributed by atoms with Gasteiger partial charge in [0.15, 0.2) is 0 Å². The molecule has 1 aromatic rings. The molecule has 98 valence electrons. The molecular weight excluding hydrogens is 294 g/mol. The van der Waals surface area contributed by atoms with Gasteiger partial charge in [-0.15, -0.1) is 0 Å². The third kappa shape index (κ3) is 3.46. The minimum absolute atomic E-state index is 0.844. The molecule has 1 aliphatic heterocycles. The van der Waals surface area contributed by atoms with Gasteiger partial charge in [0, 0.05) is 36.2 Å². The molecule has 0 aliphatic carbocycles. The summed E-state index contributed by atoms with van der Waals surface area (Å²) in [4.78, 5) is 2.31. The van der Waals surface area contributed by atoms with Gasteiger partial charge >= 0.3 is 0 Å². The quantitative estimate of drug-likeness (QED) is 0.800. The van der Waals surface area contributed by atoms with E-state index in [1.807, 2.05) is 24.4 Å². The molecule has 4 nitrogen and oxygen atoms in total. The molecule has 2 rings (SSSR count). The van der Waals surface area contributed by atoms with E-state index in [2.05, 4.69) is 38.0 Å². The molecule has 0 amide bonds. The van der Waals surface area contributed by atoms with E-state index in [4.69, 9.17) is 4.74 Å². The van der Waals surface area contributed by atoms with E-state index in [-0.39, 0.29) is 0 Å². The normalized spacial score (nSPS) is 17.4. The first-order chi connectivity index (χ1) is 8.69. The van der Waals surface area contributed by atoms with Crippen LogP contribution in [0.3, 0.4) is 0 Å². The van der Waals surface area contributed by atoms with Crippen LogP contribution < -0.4 is 4.74 Å². The highest BCUT2D eigenvalue weighted by molar-refractivity contribution is 9.10. The second kappa shape index (κ2) is 6.20. The summed E-state index contributed by atoms with van der Waals surface area (Å²) in [5, 5.41) is 6.62. The zero-order valence-electron chi connectivity index (χ0n) is 10.8. The third-order valence-corrected chi connectivity index (χ3v) is 3.52. The lowest BCUT2D eigenvalue weighted by atomic mass is 10.2. The molecule has 1 fully saturated rings. The van der Waals surface area contributed by atoms with Crippen molar-refractivity contribution in [2.24, 2.45) is 5.10 Å². The van der Waals surface area contributed by atoms with Crippen molar-refractivity contribution in [1.82, 2.24) is 9.91 Å². The van der Waals surface area contributed by atoms with Crippen molar-refractivity contribution in [2.45, 2.75) is 0 Å². The minimum atomic E-state index is 0.844. The van der Waals surface area contributed by atoms with Crippen LogP contribution in [0.2, 0.25) is 0 Å². The summed E-state index contributed by atoms with van der Waals surface area (Å²) in [5.41, 5.74) is 0.991. The number of rotatable bonds is 3. The highest BCUT2D eigenvalue weighted by Gasteiger charge is 2.11. The van der Waals surface area contributed by atoms with Crippen molar-refractivity contribution in [3.63, 3.8) is 0 Å². The lowest BCUT2D eigenvalue weighted by molar-refractivity contribution is 0.159. The van der Waals surface area contributed by atoms with E-state index in [0.29, 0.717) is 0 Å². The van der Waals surface area contributed by atoms with Crippen LogP contribution in [-0.4, -0.2) is 56.5 Å². The number of benzene rings is 1. The van der Waals surface area contributed by atoms with Crippen LogP contribution in [0.4, 0.5) is 0 Å². The number of methoxy groups -OCH3 is 1. The standard InChI is InChI=1S/C13H18BrN3O/c1-16-5-7-17(8-6-16)15-10-11-9-12(14)3-4-13(11)18-2/h3-4,9-10H,5-8H2,1-2H3/b15-10+. The molecular formula is C13H18BrN3O. The molecule has 0 N–H and O–H groups in total. The van der Waals surface area contributed by atoms with Crippen molar-refractivity contribution in [3.05, 3.63) is 28.2 Å². The summed E-state index contributed by atoms with van der Waals surface area (Å²) < 4.78 is 6.35. The summed E-state index contributed by atoms with van der Waals surface area (Å²) in [5.74, 6) is 0.844. The van der Waals surface area contributed by atoms with Gasteiger partial charge < -0.3 is 9.64 Å². The first-order valence-corrected chi connectivity index (χ1v) is 6.79. The molecule has 0 atom stereocenters. The SMILES string of the molecule is COc1ccc(Br)cc1/C=N/N1CCN(C)CC1. The molecule has 0 bridgehead atoms. The van der Waals surface area contributed by atoms with E-state index in [1.165, 1.54) is 0 Å². The Bertz CT molecular complexity index is 428. The van der Waals surface area contributed by atoms with Crippen molar-refractivity contribution >= 4 is 22.1 Å². The van der Waals surface area contributed by atoms with Crippen LogP contribution in [0.15, 0.2) is 27.8 Å². The molecule has 0 aromatic heterocycles. The summed E-state index contributed by atoms with van der Waals surface area (Å²) in [6.07, 6.45) is 1.87. The van der Waals surface area contributed by atoms with E-state index in [9.17, 15) is 0 Å². The highest BCUT2D eigenvalue weighted by atomic mass is 79.9. The Labute approximate surface area is 116 Å². The van der Waals surface area contributed by atoms with E-state index in [1.54, 1.807) is 7.11 Å². The highest BCUT2D eigenvalue weighted by Crippen LogP contribution is 2.21. The molecule has 0 spiro atoms. The third-order valence-electron chi connectivity index (χ3n) is 3.03. The summed E-state index contributed by atoms with van der Waals surface area (Å²) in [6, 6.07) is 5.92. The number of nitrogens with zero attached hydrogens (tertiary/aromatic N) is 3. The van der Waals surface area contributed by atoms with Gasteiger partial charge in [0.2, 0.25) is 0 Å². The zero-order valence-corrected chi connectivity index (χ0v) is 12.4. The molecule has 18 heavy (non-hydrogen) atoms. The number of hydrazone groups is 1. The topological polar surface area (TPSA) is 28.1 Å². The van der Waals surface area contributed by atoms with Crippen LogP contribution in [0.5, 0.6) is 5.75 Å². The number of ether oxygens (including phenoxy) is 1. The molecule has 0 radical (unpaired) electrons. The summed E-state index contributed by atoms with van der Waals surface area (Å²) >= 11 is 3.46. The van der Waals surface area contributed by atoms with Gasteiger partial charge in [0.05, 0.1) is 13.3 Å². The lowest BCUT2D eigenvalue weighted by Gasteiger charge is -2.30. The monoisotopic (exact) mass is 311 g/mol. The molecule has 0 unspecified atom stereocenters. The van der Waals surface area contributed by atoms with Crippen LogP contribution in [-0.2, 0) is 0 Å². The van der Waals surface area contributed by atoms with E-state index in [0.717, 1.165) is 42.0 Å². The Morgan fingerprint density at radius 3 is 2.67 bits per heavy atom. The predicted molar refractivity (Wildman–Crippen MR) is 77.4 cm³/mol. The molecule has 1 aliphatic rings. The van der Waals surface area contributed by atoms with Gasteiger partial charge in [0.1, 0.15) is 5.75 Å². The molecule has 5 heteroatoms. The van der Waals surface area contributed by atoms with E-state index < -0.39 is 0 Å². The summed E-state index contributed by atoms with van der Waals surface area (Å²) in [7, 11) is 3.81. The van der Waals surface area contributed by atoms with Gasteiger partial charge in [-0.25, -0.2) is 0 Å². The Morgan fingerprint density at radius 1 is 1.28 bits per heavy atom. The Kier molecular flexibility index (Phi) is 4.60. The Hall–Kier alpha value is -1.07. The van der Waals surface area contributed by atoms with E-state index >= 15 is 0 Å². The zero-order chi connectivity index (χ0) is 13.0.